The lowest BCUT2D eigenvalue weighted by atomic mass is 10.1. The van der Waals surface area contributed by atoms with Crippen LogP contribution in [0.2, 0.25) is 10.3 Å². The van der Waals surface area contributed by atoms with Crippen LogP contribution in [0.5, 0.6) is 0 Å². The monoisotopic (exact) mass is 274 g/mol. The van der Waals surface area contributed by atoms with Crippen molar-refractivity contribution in [1.29, 1.82) is 0 Å². The summed E-state index contributed by atoms with van der Waals surface area (Å²) < 4.78 is 0. The van der Waals surface area contributed by atoms with Gasteiger partial charge in [0.25, 0.3) is 0 Å². The van der Waals surface area contributed by atoms with E-state index in [0.717, 1.165) is 12.8 Å². The fourth-order valence-corrected chi connectivity index (χ4v) is 2.34. The predicted molar refractivity (Wildman–Crippen MR) is 66.0 cm³/mol. The highest BCUT2D eigenvalue weighted by Gasteiger charge is 2.28. The Kier molecular flexibility index (Phi) is 3.81. The number of halogens is 2. The highest BCUT2D eigenvalue weighted by molar-refractivity contribution is 6.38. The maximum Gasteiger partial charge on any atom is 0.227 e. The number of nitrogens with one attached hydrogen (secondary N) is 1. The molecule has 1 heterocycles. The molecule has 0 bridgehead atoms. The van der Waals surface area contributed by atoms with E-state index >= 15 is 0 Å². The number of nitrogens with two attached hydrogens (primary N) is 1. The van der Waals surface area contributed by atoms with Crippen molar-refractivity contribution in [3.8, 4) is 0 Å². The molecule has 2 atom stereocenters. The topological polar surface area (TPSA) is 80.9 Å². The fraction of sp³-hybridized carbons (Fsp3) is 0.500. The molecule has 1 aliphatic rings. The van der Waals surface area contributed by atoms with Crippen molar-refractivity contribution in [3.05, 3.63) is 16.6 Å². The molecule has 0 aromatic carbocycles. The van der Waals surface area contributed by atoms with Crippen LogP contribution in [0.1, 0.15) is 19.3 Å². The maximum atomic E-state index is 11.9. The Morgan fingerprint density at radius 2 is 2.00 bits per heavy atom. The molecule has 2 unspecified atom stereocenters. The van der Waals surface area contributed by atoms with Gasteiger partial charge in [-0.15, -0.1) is 0 Å². The molecule has 0 radical (unpaired) electrons. The molecule has 0 saturated heterocycles. The number of carbonyl (C=O) groups is 1. The molecule has 1 saturated carbocycles. The number of carbonyl (C=O) groups excluding carboxylic acids is 1. The van der Waals surface area contributed by atoms with Gasteiger partial charge in [-0.25, -0.2) is 9.97 Å². The van der Waals surface area contributed by atoms with Crippen LogP contribution in [0.3, 0.4) is 0 Å². The lowest BCUT2D eigenvalue weighted by Crippen LogP contribution is -2.23. The van der Waals surface area contributed by atoms with E-state index in [-0.39, 0.29) is 33.9 Å². The molecule has 1 aromatic heterocycles. The zero-order valence-corrected chi connectivity index (χ0v) is 10.5. The minimum Gasteiger partial charge on any atom is -0.328 e. The van der Waals surface area contributed by atoms with Crippen LogP contribution < -0.4 is 11.1 Å². The molecule has 7 heteroatoms. The van der Waals surface area contributed by atoms with Crippen molar-refractivity contribution >= 4 is 34.8 Å². The number of aromatic nitrogens is 2. The number of anilines is 1. The van der Waals surface area contributed by atoms with Crippen molar-refractivity contribution in [2.75, 3.05) is 5.32 Å². The molecule has 3 N–H and O–H groups in total. The first-order valence-electron chi connectivity index (χ1n) is 5.30. The summed E-state index contributed by atoms with van der Waals surface area (Å²) in [6, 6.07) is 0.101. The summed E-state index contributed by atoms with van der Waals surface area (Å²) in [5, 5.41) is 2.94. The Morgan fingerprint density at radius 3 is 2.53 bits per heavy atom. The standard InChI is InChI=1S/C10H12Cl2N4O/c11-8-7(9(12)15-4-14-8)16-10(17)5-1-2-6(13)3-5/h4-6H,1-3,13H2,(H,16,17). The number of hydrogen-bond donors (Lipinski definition) is 2. The van der Waals surface area contributed by atoms with Crippen molar-refractivity contribution in [3.63, 3.8) is 0 Å². The summed E-state index contributed by atoms with van der Waals surface area (Å²) >= 11 is 11.7. The molecule has 1 aliphatic carbocycles. The fourth-order valence-electron chi connectivity index (χ4n) is 1.93. The Labute approximate surface area is 109 Å². The summed E-state index contributed by atoms with van der Waals surface area (Å²) in [7, 11) is 0. The van der Waals surface area contributed by atoms with Crippen LogP contribution in [0, 0.1) is 5.92 Å². The Hall–Kier alpha value is -0.910. The van der Waals surface area contributed by atoms with Crippen molar-refractivity contribution in [1.82, 2.24) is 9.97 Å². The molecule has 1 aromatic rings. The quantitative estimate of drug-likeness (QED) is 0.807. The first-order chi connectivity index (χ1) is 8.08. The first-order valence-corrected chi connectivity index (χ1v) is 6.06. The van der Waals surface area contributed by atoms with Gasteiger partial charge in [-0.3, -0.25) is 4.79 Å². The summed E-state index contributed by atoms with van der Waals surface area (Å²) in [5.41, 5.74) is 6.02. The Bertz CT molecular complexity index is 420. The lowest BCUT2D eigenvalue weighted by Gasteiger charge is -2.11. The third-order valence-corrected chi connectivity index (χ3v) is 3.42. The van der Waals surface area contributed by atoms with Gasteiger partial charge in [0.2, 0.25) is 5.91 Å². The molecule has 0 spiro atoms. The largest absolute Gasteiger partial charge is 0.328 e. The van der Waals surface area contributed by atoms with Crippen LogP contribution in [0.25, 0.3) is 0 Å². The maximum absolute atomic E-state index is 11.9. The molecule has 1 amide bonds. The summed E-state index contributed by atoms with van der Waals surface area (Å²) in [6.45, 7) is 0. The van der Waals surface area contributed by atoms with Gasteiger partial charge in [0, 0.05) is 12.0 Å². The van der Waals surface area contributed by atoms with E-state index in [9.17, 15) is 4.79 Å². The van der Waals surface area contributed by atoms with E-state index in [1.165, 1.54) is 6.33 Å². The SMILES string of the molecule is NC1CCC(C(=O)Nc2c(Cl)ncnc2Cl)C1. The molecular formula is C10H12Cl2N4O. The van der Waals surface area contributed by atoms with Gasteiger partial charge in [0.1, 0.15) is 12.0 Å². The molecule has 17 heavy (non-hydrogen) atoms. The second kappa shape index (κ2) is 5.16. The molecule has 5 nitrogen and oxygen atoms in total. The summed E-state index contributed by atoms with van der Waals surface area (Å²) in [5.74, 6) is -0.214. The normalized spacial score (nSPS) is 23.7. The van der Waals surface area contributed by atoms with E-state index in [1.807, 2.05) is 0 Å². The molecule has 1 fully saturated rings. The molecular weight excluding hydrogens is 263 g/mol. The average molecular weight is 275 g/mol. The van der Waals surface area contributed by atoms with Crippen LogP contribution >= 0.6 is 23.2 Å². The van der Waals surface area contributed by atoms with Gasteiger partial charge in [0.15, 0.2) is 10.3 Å². The lowest BCUT2D eigenvalue weighted by molar-refractivity contribution is -0.119. The minimum absolute atomic E-state index is 0.0858. The Balaban J connectivity index is 2.08. The van der Waals surface area contributed by atoms with Crippen molar-refractivity contribution in [2.24, 2.45) is 11.7 Å². The highest BCUT2D eigenvalue weighted by Crippen LogP contribution is 2.29. The number of nitrogens with zero attached hydrogens (tertiary/aromatic N) is 2. The van der Waals surface area contributed by atoms with Crippen molar-refractivity contribution < 1.29 is 4.79 Å². The van der Waals surface area contributed by atoms with Gasteiger partial charge in [-0.1, -0.05) is 23.2 Å². The smallest absolute Gasteiger partial charge is 0.227 e. The van der Waals surface area contributed by atoms with E-state index in [0.29, 0.717) is 6.42 Å². The summed E-state index contributed by atoms with van der Waals surface area (Å²) in [4.78, 5) is 19.5. The molecule has 92 valence electrons. The zero-order valence-electron chi connectivity index (χ0n) is 8.99. The van der Waals surface area contributed by atoms with Gasteiger partial charge < -0.3 is 11.1 Å². The first kappa shape index (κ1) is 12.5. The van der Waals surface area contributed by atoms with Crippen molar-refractivity contribution in [2.45, 2.75) is 25.3 Å². The minimum atomic E-state index is -0.128. The van der Waals surface area contributed by atoms with Gasteiger partial charge >= 0.3 is 0 Å². The van der Waals surface area contributed by atoms with Gasteiger partial charge in [-0.2, -0.15) is 0 Å². The van der Waals surface area contributed by atoms with E-state index < -0.39 is 0 Å². The Morgan fingerprint density at radius 1 is 1.35 bits per heavy atom. The average Bonchev–Trinajstić information content (AvgIpc) is 2.70. The molecule has 0 aliphatic heterocycles. The third-order valence-electron chi connectivity index (χ3n) is 2.85. The van der Waals surface area contributed by atoms with E-state index in [4.69, 9.17) is 28.9 Å². The van der Waals surface area contributed by atoms with Crippen LogP contribution in [0.4, 0.5) is 5.69 Å². The molecule has 2 rings (SSSR count). The van der Waals surface area contributed by atoms with Crippen LogP contribution in [-0.4, -0.2) is 21.9 Å². The second-order valence-corrected chi connectivity index (χ2v) is 4.81. The zero-order chi connectivity index (χ0) is 12.4. The predicted octanol–water partition coefficient (Wildman–Crippen LogP) is 1.85. The highest BCUT2D eigenvalue weighted by atomic mass is 35.5. The van der Waals surface area contributed by atoms with Gasteiger partial charge in [-0.05, 0) is 19.3 Å². The van der Waals surface area contributed by atoms with Gasteiger partial charge in [0.05, 0.1) is 0 Å². The summed E-state index contributed by atoms with van der Waals surface area (Å²) in [6.07, 6.45) is 3.58. The van der Waals surface area contributed by atoms with E-state index in [2.05, 4.69) is 15.3 Å². The van der Waals surface area contributed by atoms with Crippen LogP contribution in [-0.2, 0) is 4.79 Å². The number of rotatable bonds is 2. The number of amides is 1. The van der Waals surface area contributed by atoms with E-state index in [1.54, 1.807) is 0 Å². The number of hydrogen-bond acceptors (Lipinski definition) is 4. The third kappa shape index (κ3) is 2.86. The second-order valence-electron chi connectivity index (χ2n) is 4.09. The van der Waals surface area contributed by atoms with Crippen LogP contribution in [0.15, 0.2) is 6.33 Å².